The van der Waals surface area contributed by atoms with Crippen molar-refractivity contribution in [2.24, 2.45) is 5.92 Å². The number of rotatable bonds is 5. The molecule has 7 heteroatoms. The van der Waals surface area contributed by atoms with Gasteiger partial charge in [0.2, 0.25) is 10.0 Å². The SMILES string of the molecule is Cc1sc(NS(C)(=O)=O)nc1/C=C\C(C)C=O. The minimum atomic E-state index is -3.30. The van der Waals surface area contributed by atoms with Crippen LogP contribution in [0.3, 0.4) is 0 Å². The van der Waals surface area contributed by atoms with Gasteiger partial charge in [-0.25, -0.2) is 13.4 Å². The van der Waals surface area contributed by atoms with E-state index in [1.165, 1.54) is 11.3 Å². The smallest absolute Gasteiger partial charge is 0.231 e. The molecule has 0 amide bonds. The lowest BCUT2D eigenvalue weighted by molar-refractivity contribution is -0.109. The number of aromatic nitrogens is 1. The van der Waals surface area contributed by atoms with Gasteiger partial charge in [-0.1, -0.05) is 13.0 Å². The average Bonchev–Trinajstić information content (AvgIpc) is 2.52. The van der Waals surface area contributed by atoms with Crippen molar-refractivity contribution in [1.82, 2.24) is 4.98 Å². The van der Waals surface area contributed by atoms with Crippen molar-refractivity contribution in [2.75, 3.05) is 11.0 Å². The Bertz CT molecular complexity index is 532. The van der Waals surface area contributed by atoms with Crippen LogP contribution in [0.1, 0.15) is 17.5 Å². The predicted molar refractivity (Wildman–Crippen MR) is 69.6 cm³/mol. The number of sulfonamides is 1. The maximum Gasteiger partial charge on any atom is 0.231 e. The van der Waals surface area contributed by atoms with Crippen molar-refractivity contribution in [3.63, 3.8) is 0 Å². The van der Waals surface area contributed by atoms with Crippen LogP contribution in [0.4, 0.5) is 5.13 Å². The second-order valence-corrected chi connectivity index (χ2v) is 6.64. The Morgan fingerprint density at radius 3 is 2.65 bits per heavy atom. The summed E-state index contributed by atoms with van der Waals surface area (Å²) in [6, 6.07) is 0. The van der Waals surface area contributed by atoms with Gasteiger partial charge in [-0.2, -0.15) is 0 Å². The standard InChI is InChI=1S/C10H14N2O3S2/c1-7(6-13)4-5-9-8(2)16-10(11-9)12-17(3,14)15/h4-7H,1-3H3,(H,11,12)/b5-4-. The molecule has 0 saturated heterocycles. The van der Waals surface area contributed by atoms with E-state index < -0.39 is 10.0 Å². The number of nitrogens with zero attached hydrogens (tertiary/aromatic N) is 1. The van der Waals surface area contributed by atoms with Crippen molar-refractivity contribution in [3.8, 4) is 0 Å². The highest BCUT2D eigenvalue weighted by Crippen LogP contribution is 2.23. The van der Waals surface area contributed by atoms with E-state index in [2.05, 4.69) is 9.71 Å². The molecule has 0 radical (unpaired) electrons. The topological polar surface area (TPSA) is 76.1 Å². The molecule has 1 heterocycles. The first kappa shape index (κ1) is 13.9. The van der Waals surface area contributed by atoms with E-state index >= 15 is 0 Å². The van der Waals surface area contributed by atoms with Crippen LogP contribution in [0.5, 0.6) is 0 Å². The van der Waals surface area contributed by atoms with Crippen LogP contribution in [0.25, 0.3) is 6.08 Å². The van der Waals surface area contributed by atoms with Gasteiger partial charge in [0.15, 0.2) is 5.13 Å². The number of carbonyl (C=O) groups is 1. The molecule has 0 aliphatic carbocycles. The lowest BCUT2D eigenvalue weighted by Crippen LogP contribution is -2.09. The molecule has 1 unspecified atom stereocenters. The number of aryl methyl sites for hydroxylation is 1. The summed E-state index contributed by atoms with van der Waals surface area (Å²) < 4.78 is 24.4. The summed E-state index contributed by atoms with van der Waals surface area (Å²) in [6.07, 6.45) is 5.35. The minimum absolute atomic E-state index is 0.178. The molecule has 17 heavy (non-hydrogen) atoms. The quantitative estimate of drug-likeness (QED) is 0.829. The van der Waals surface area contributed by atoms with Gasteiger partial charge in [-0.15, -0.1) is 11.3 Å². The Morgan fingerprint density at radius 2 is 2.12 bits per heavy atom. The molecule has 1 N–H and O–H groups in total. The molecule has 0 spiro atoms. The summed E-state index contributed by atoms with van der Waals surface area (Å²) in [7, 11) is -3.30. The number of thiazole rings is 1. The molecule has 5 nitrogen and oxygen atoms in total. The van der Waals surface area contributed by atoms with Crippen LogP contribution in [0.15, 0.2) is 6.08 Å². The summed E-state index contributed by atoms with van der Waals surface area (Å²) >= 11 is 1.26. The molecular formula is C10H14N2O3S2. The van der Waals surface area contributed by atoms with Crippen LogP contribution < -0.4 is 4.72 Å². The fourth-order valence-electron chi connectivity index (χ4n) is 1.05. The van der Waals surface area contributed by atoms with E-state index in [1.54, 1.807) is 19.1 Å². The third kappa shape index (κ3) is 4.66. The summed E-state index contributed by atoms with van der Waals surface area (Å²) in [5.41, 5.74) is 0.676. The zero-order valence-electron chi connectivity index (χ0n) is 9.80. The molecule has 94 valence electrons. The third-order valence-corrected chi connectivity index (χ3v) is 3.47. The number of anilines is 1. The van der Waals surface area contributed by atoms with Crippen LogP contribution >= 0.6 is 11.3 Å². The number of allylic oxidation sites excluding steroid dienone is 1. The van der Waals surface area contributed by atoms with E-state index in [4.69, 9.17) is 0 Å². The Hall–Kier alpha value is -1.21. The van der Waals surface area contributed by atoms with Gasteiger partial charge >= 0.3 is 0 Å². The highest BCUT2D eigenvalue weighted by Gasteiger charge is 2.09. The summed E-state index contributed by atoms with van der Waals surface area (Å²) in [4.78, 5) is 15.5. The second kappa shape index (κ2) is 5.42. The van der Waals surface area contributed by atoms with Crippen molar-refractivity contribution in [1.29, 1.82) is 0 Å². The van der Waals surface area contributed by atoms with Crippen molar-refractivity contribution in [3.05, 3.63) is 16.6 Å². The zero-order chi connectivity index (χ0) is 13.1. The molecule has 1 atom stereocenters. The van der Waals surface area contributed by atoms with E-state index in [0.717, 1.165) is 17.4 Å². The lowest BCUT2D eigenvalue weighted by Gasteiger charge is -1.96. The second-order valence-electron chi connectivity index (χ2n) is 3.69. The summed E-state index contributed by atoms with van der Waals surface area (Å²) in [5.74, 6) is -0.178. The number of hydrogen-bond donors (Lipinski definition) is 1. The Balaban J connectivity index is 2.89. The zero-order valence-corrected chi connectivity index (χ0v) is 11.4. The molecule has 0 bridgehead atoms. The number of aldehydes is 1. The Kier molecular flexibility index (Phi) is 4.41. The predicted octanol–water partition coefficient (Wildman–Crippen LogP) is 1.67. The van der Waals surface area contributed by atoms with Crippen molar-refractivity contribution in [2.45, 2.75) is 13.8 Å². The first-order valence-corrected chi connectivity index (χ1v) is 7.61. The van der Waals surface area contributed by atoms with Crippen LogP contribution in [0.2, 0.25) is 0 Å². The first-order chi connectivity index (χ1) is 7.81. The van der Waals surface area contributed by atoms with Crippen LogP contribution in [0, 0.1) is 12.8 Å². The first-order valence-electron chi connectivity index (χ1n) is 4.90. The molecule has 1 aromatic rings. The minimum Gasteiger partial charge on any atom is -0.303 e. The van der Waals surface area contributed by atoms with Gasteiger partial charge in [0.05, 0.1) is 11.9 Å². The Morgan fingerprint density at radius 1 is 1.47 bits per heavy atom. The molecule has 0 aliphatic rings. The third-order valence-electron chi connectivity index (χ3n) is 1.88. The molecule has 0 fully saturated rings. The van der Waals surface area contributed by atoms with Crippen LogP contribution in [-0.2, 0) is 14.8 Å². The molecule has 1 rings (SSSR count). The lowest BCUT2D eigenvalue weighted by atomic mass is 10.2. The highest BCUT2D eigenvalue weighted by molar-refractivity contribution is 7.92. The van der Waals surface area contributed by atoms with Gasteiger partial charge in [0.25, 0.3) is 0 Å². The monoisotopic (exact) mass is 274 g/mol. The van der Waals surface area contributed by atoms with Gasteiger partial charge in [0.1, 0.15) is 6.29 Å². The molecule has 0 aliphatic heterocycles. The van der Waals surface area contributed by atoms with Crippen LogP contribution in [-0.4, -0.2) is 25.9 Å². The van der Waals surface area contributed by atoms with E-state index in [-0.39, 0.29) is 5.92 Å². The molecule has 1 aromatic heterocycles. The van der Waals surface area contributed by atoms with E-state index in [0.29, 0.717) is 10.8 Å². The van der Waals surface area contributed by atoms with E-state index in [1.807, 2.05) is 6.92 Å². The number of carbonyl (C=O) groups excluding carboxylic acids is 1. The maximum atomic E-state index is 11.0. The van der Waals surface area contributed by atoms with E-state index in [9.17, 15) is 13.2 Å². The van der Waals surface area contributed by atoms with Gasteiger partial charge in [-0.05, 0) is 13.0 Å². The number of hydrogen-bond acceptors (Lipinski definition) is 5. The average molecular weight is 274 g/mol. The fraction of sp³-hybridized carbons (Fsp3) is 0.400. The largest absolute Gasteiger partial charge is 0.303 e. The summed E-state index contributed by atoms with van der Waals surface area (Å²) in [6.45, 7) is 3.61. The van der Waals surface area contributed by atoms with Crippen molar-refractivity contribution >= 4 is 38.9 Å². The van der Waals surface area contributed by atoms with Crippen molar-refractivity contribution < 1.29 is 13.2 Å². The fourth-order valence-corrected chi connectivity index (χ4v) is 2.69. The Labute approximate surface area is 105 Å². The maximum absolute atomic E-state index is 11.0. The van der Waals surface area contributed by atoms with Gasteiger partial charge in [0, 0.05) is 10.8 Å². The highest BCUT2D eigenvalue weighted by atomic mass is 32.2. The normalized spacial score (nSPS) is 13.8. The van der Waals surface area contributed by atoms with Gasteiger partial charge in [-0.3, -0.25) is 4.72 Å². The molecule has 0 saturated carbocycles. The number of nitrogens with one attached hydrogen (secondary N) is 1. The summed E-state index contributed by atoms with van der Waals surface area (Å²) in [5, 5.41) is 0.336. The van der Waals surface area contributed by atoms with Gasteiger partial charge < -0.3 is 4.79 Å². The molecule has 0 aromatic carbocycles. The molecular weight excluding hydrogens is 260 g/mol.